The molecule has 0 bridgehead atoms. The van der Waals surface area contributed by atoms with Crippen LogP contribution in [0.15, 0.2) is 12.1 Å². The molecular weight excluding hydrogens is 378 g/mol. The molecule has 97 valence electrons. The van der Waals surface area contributed by atoms with Crippen LogP contribution in [0.4, 0.5) is 22.7 Å². The molecule has 8 N–H and O–H groups in total. The monoisotopic (exact) mass is 389 g/mol. The van der Waals surface area contributed by atoms with Crippen molar-refractivity contribution in [3.05, 3.63) is 12.1 Å². The Balaban J connectivity index is -0.0000000667. The Kier molecular flexibility index (Phi) is 24.4. The van der Waals surface area contributed by atoms with Gasteiger partial charge in [0.05, 0.1) is 22.7 Å². The molecule has 1 aromatic rings. The summed E-state index contributed by atoms with van der Waals surface area (Å²) in [6.07, 6.45) is 0. The van der Waals surface area contributed by atoms with Gasteiger partial charge in [0.1, 0.15) is 0 Å². The molecule has 0 unspecified atom stereocenters. The fourth-order valence-corrected chi connectivity index (χ4v) is 0.668. The first kappa shape index (κ1) is 29.5. The summed E-state index contributed by atoms with van der Waals surface area (Å²) in [6, 6.07) is 3.09. The zero-order chi connectivity index (χ0) is 7.72. The number of rotatable bonds is 0. The van der Waals surface area contributed by atoms with Gasteiger partial charge in [-0.2, -0.15) is 0 Å². The van der Waals surface area contributed by atoms with Crippen LogP contribution in [0.1, 0.15) is 0 Å². The standard InChI is InChI=1S/C6H10N4.Ag.4ClH/c7-3-1-4(8)6(10)2-5(3)9;;;;;/h1-2H,7-10H2;;4*1H. The van der Waals surface area contributed by atoms with E-state index in [9.17, 15) is 0 Å². The summed E-state index contributed by atoms with van der Waals surface area (Å²) < 4.78 is 0. The Morgan fingerprint density at radius 3 is 0.800 bits per heavy atom. The van der Waals surface area contributed by atoms with E-state index in [0.29, 0.717) is 22.7 Å². The minimum absolute atomic E-state index is 0. The molecule has 0 atom stereocenters. The molecule has 1 rings (SSSR count). The van der Waals surface area contributed by atoms with Gasteiger partial charge in [-0.05, 0) is 12.1 Å². The Morgan fingerprint density at radius 2 is 0.667 bits per heavy atom. The van der Waals surface area contributed by atoms with E-state index < -0.39 is 0 Å². The molecule has 0 aliphatic rings. The Bertz CT molecular complexity index is 223. The first-order valence-electron chi connectivity index (χ1n) is 2.81. The summed E-state index contributed by atoms with van der Waals surface area (Å²) >= 11 is 0. The van der Waals surface area contributed by atoms with Gasteiger partial charge in [-0.1, -0.05) is 0 Å². The molecule has 1 aromatic carbocycles. The maximum Gasteiger partial charge on any atom is 0.0570 e. The van der Waals surface area contributed by atoms with Crippen LogP contribution in [0.25, 0.3) is 0 Å². The normalized spacial score (nSPS) is 6.40. The van der Waals surface area contributed by atoms with Crippen molar-refractivity contribution in [2.75, 3.05) is 22.9 Å². The Hall–Kier alpha value is 0.320. The average molecular weight is 392 g/mol. The fourth-order valence-electron chi connectivity index (χ4n) is 0.668. The first-order chi connectivity index (χ1) is 4.61. The van der Waals surface area contributed by atoms with Gasteiger partial charge in [0.25, 0.3) is 0 Å². The second-order valence-electron chi connectivity index (χ2n) is 2.11. The van der Waals surface area contributed by atoms with Crippen LogP contribution in [-0.2, 0) is 22.4 Å². The van der Waals surface area contributed by atoms with E-state index >= 15 is 0 Å². The van der Waals surface area contributed by atoms with Crippen LogP contribution >= 0.6 is 49.6 Å². The van der Waals surface area contributed by atoms with Crippen molar-refractivity contribution >= 4 is 72.4 Å². The molecule has 0 amide bonds. The zero-order valence-corrected chi connectivity index (χ0v) is 12.1. The summed E-state index contributed by atoms with van der Waals surface area (Å²) in [7, 11) is 0. The molecule has 0 aliphatic heterocycles. The SMILES string of the molecule is Cl.Cl.Cl.Cl.Nc1cc(N)c(N)cc1N.[Ag]. The van der Waals surface area contributed by atoms with Gasteiger partial charge in [-0.25, -0.2) is 0 Å². The molecular formula is C6H14AgCl4N4. The topological polar surface area (TPSA) is 104 Å². The first-order valence-corrected chi connectivity index (χ1v) is 2.81. The number of hydrogen-bond donors (Lipinski definition) is 4. The van der Waals surface area contributed by atoms with Crippen molar-refractivity contribution in [2.45, 2.75) is 0 Å². The number of benzene rings is 1. The van der Waals surface area contributed by atoms with Gasteiger partial charge in [-0.15, -0.1) is 49.6 Å². The minimum Gasteiger partial charge on any atom is -0.397 e. The summed E-state index contributed by atoms with van der Waals surface area (Å²) in [5, 5.41) is 0. The minimum atomic E-state index is 0. The maximum absolute atomic E-state index is 5.43. The number of nitrogen functional groups attached to an aromatic ring is 4. The molecule has 1 radical (unpaired) electrons. The van der Waals surface area contributed by atoms with Crippen molar-refractivity contribution in [1.82, 2.24) is 0 Å². The van der Waals surface area contributed by atoms with Crippen molar-refractivity contribution in [1.29, 1.82) is 0 Å². The van der Waals surface area contributed by atoms with Gasteiger partial charge in [0.2, 0.25) is 0 Å². The van der Waals surface area contributed by atoms with Crippen LogP contribution in [0, 0.1) is 0 Å². The number of nitrogens with two attached hydrogens (primary N) is 4. The predicted octanol–water partition coefficient (Wildman–Crippen LogP) is 1.70. The van der Waals surface area contributed by atoms with Gasteiger partial charge >= 0.3 is 0 Å². The number of anilines is 4. The second kappa shape index (κ2) is 12.4. The van der Waals surface area contributed by atoms with E-state index in [2.05, 4.69) is 0 Å². The summed E-state index contributed by atoms with van der Waals surface area (Å²) in [6.45, 7) is 0. The molecule has 0 saturated carbocycles. The largest absolute Gasteiger partial charge is 0.397 e. The molecule has 0 heterocycles. The van der Waals surface area contributed by atoms with E-state index in [0.717, 1.165) is 0 Å². The molecule has 0 aliphatic carbocycles. The van der Waals surface area contributed by atoms with Crippen LogP contribution in [0.5, 0.6) is 0 Å². The third kappa shape index (κ3) is 8.16. The van der Waals surface area contributed by atoms with E-state index in [1.807, 2.05) is 0 Å². The Morgan fingerprint density at radius 1 is 0.533 bits per heavy atom. The van der Waals surface area contributed by atoms with Crippen molar-refractivity contribution in [2.24, 2.45) is 0 Å². The summed E-state index contributed by atoms with van der Waals surface area (Å²) in [4.78, 5) is 0. The van der Waals surface area contributed by atoms with Gasteiger partial charge in [0.15, 0.2) is 0 Å². The van der Waals surface area contributed by atoms with Crippen molar-refractivity contribution in [3.8, 4) is 0 Å². The van der Waals surface area contributed by atoms with E-state index in [-0.39, 0.29) is 72.0 Å². The molecule has 0 saturated heterocycles. The maximum atomic E-state index is 5.43. The quantitative estimate of drug-likeness (QED) is 0.399. The molecule has 0 fully saturated rings. The van der Waals surface area contributed by atoms with Gasteiger partial charge in [0, 0.05) is 22.4 Å². The van der Waals surface area contributed by atoms with E-state index in [1.165, 1.54) is 0 Å². The number of hydrogen-bond acceptors (Lipinski definition) is 4. The third-order valence-electron chi connectivity index (χ3n) is 1.29. The third-order valence-corrected chi connectivity index (χ3v) is 1.29. The molecule has 0 aromatic heterocycles. The second-order valence-corrected chi connectivity index (χ2v) is 2.11. The number of halogens is 4. The van der Waals surface area contributed by atoms with E-state index in [4.69, 9.17) is 22.9 Å². The van der Waals surface area contributed by atoms with Crippen molar-refractivity contribution in [3.63, 3.8) is 0 Å². The summed E-state index contributed by atoms with van der Waals surface area (Å²) in [5.74, 6) is 0. The average Bonchev–Trinajstić information content (AvgIpc) is 1.84. The van der Waals surface area contributed by atoms with Crippen LogP contribution in [0.3, 0.4) is 0 Å². The van der Waals surface area contributed by atoms with Gasteiger partial charge in [-0.3, -0.25) is 0 Å². The fraction of sp³-hybridized carbons (Fsp3) is 0. The molecule has 15 heavy (non-hydrogen) atoms. The van der Waals surface area contributed by atoms with Crippen LogP contribution < -0.4 is 22.9 Å². The van der Waals surface area contributed by atoms with Crippen molar-refractivity contribution < 1.29 is 22.4 Å². The summed E-state index contributed by atoms with van der Waals surface area (Å²) in [5.41, 5.74) is 23.6. The predicted molar refractivity (Wildman–Crippen MR) is 73.1 cm³/mol. The van der Waals surface area contributed by atoms with Crippen LogP contribution in [0.2, 0.25) is 0 Å². The van der Waals surface area contributed by atoms with Crippen LogP contribution in [-0.4, -0.2) is 0 Å². The Labute approximate surface area is 129 Å². The molecule has 0 spiro atoms. The smallest absolute Gasteiger partial charge is 0.0570 e. The zero-order valence-electron chi connectivity index (χ0n) is 7.40. The molecule has 4 nitrogen and oxygen atoms in total. The molecule has 9 heteroatoms. The van der Waals surface area contributed by atoms with E-state index in [1.54, 1.807) is 12.1 Å². The van der Waals surface area contributed by atoms with Gasteiger partial charge < -0.3 is 22.9 Å².